The van der Waals surface area contributed by atoms with Crippen molar-refractivity contribution in [2.24, 2.45) is 4.99 Å². The number of para-hydroxylation sites is 1. The zero-order valence-corrected chi connectivity index (χ0v) is 18.3. The summed E-state index contributed by atoms with van der Waals surface area (Å²) in [6.45, 7) is 0.236. The van der Waals surface area contributed by atoms with Crippen molar-refractivity contribution in [3.05, 3.63) is 89.2 Å². The molecule has 0 saturated carbocycles. The van der Waals surface area contributed by atoms with Gasteiger partial charge in [0.2, 0.25) is 0 Å². The second-order valence-electron chi connectivity index (χ2n) is 6.83. The van der Waals surface area contributed by atoms with Crippen molar-refractivity contribution in [1.82, 2.24) is 14.9 Å². The Morgan fingerprint density at radius 3 is 2.55 bits per heavy atom. The van der Waals surface area contributed by atoms with E-state index in [2.05, 4.69) is 25.0 Å². The molecule has 9 nitrogen and oxygen atoms in total. The average molecular weight is 462 g/mol. The molecular weight excluding hydrogens is 442 g/mol. The van der Waals surface area contributed by atoms with Crippen LogP contribution in [0.25, 0.3) is 0 Å². The highest BCUT2D eigenvalue weighted by Gasteiger charge is 2.34. The number of methoxy groups -OCH3 is 1. The number of aromatic amines is 1. The van der Waals surface area contributed by atoms with E-state index < -0.39 is 11.9 Å². The minimum absolute atomic E-state index is 0.121. The Labute approximate surface area is 193 Å². The first-order valence-corrected chi connectivity index (χ1v) is 10.7. The standard InChI is InChI=1S/C23H19N5O4S/c1-32-18(29)12-17-22(31)28(13-15-8-4-2-5-9-15)23(33-17)27-20-19(24-14-25-20)21(30)26-16-10-6-3-7-11-16/h2-12,14H,13H2,1H3,(H,24,25)(H,26,30)/b17-12+,27-23?. The van der Waals surface area contributed by atoms with Crippen LogP contribution in [-0.2, 0) is 20.9 Å². The molecule has 1 fully saturated rings. The van der Waals surface area contributed by atoms with Gasteiger partial charge in [0.25, 0.3) is 11.8 Å². The highest BCUT2D eigenvalue weighted by Crippen LogP contribution is 2.34. The predicted octanol–water partition coefficient (Wildman–Crippen LogP) is 3.48. The van der Waals surface area contributed by atoms with Crippen LogP contribution in [0.3, 0.4) is 0 Å². The zero-order chi connectivity index (χ0) is 23.2. The van der Waals surface area contributed by atoms with Crippen LogP contribution in [0.1, 0.15) is 16.1 Å². The van der Waals surface area contributed by atoms with Crippen molar-refractivity contribution in [3.63, 3.8) is 0 Å². The summed E-state index contributed by atoms with van der Waals surface area (Å²) in [4.78, 5) is 50.5. The van der Waals surface area contributed by atoms with Crippen LogP contribution in [0.2, 0.25) is 0 Å². The molecular formula is C23H19N5O4S. The van der Waals surface area contributed by atoms with Crippen LogP contribution in [0.15, 0.2) is 83.0 Å². The monoisotopic (exact) mass is 461 g/mol. The number of carbonyl (C=O) groups is 3. The first-order valence-electron chi connectivity index (χ1n) is 9.87. The second-order valence-corrected chi connectivity index (χ2v) is 7.84. The van der Waals surface area contributed by atoms with Gasteiger partial charge in [-0.15, -0.1) is 0 Å². The Hall–Kier alpha value is -4.18. The SMILES string of the molecule is COC(=O)/C=C1/SC(=Nc2nc[nH]c2C(=O)Nc2ccccc2)N(Cc2ccccc2)C1=O. The molecule has 1 saturated heterocycles. The molecule has 33 heavy (non-hydrogen) atoms. The van der Waals surface area contributed by atoms with E-state index in [1.54, 1.807) is 24.3 Å². The maximum atomic E-state index is 13.0. The van der Waals surface area contributed by atoms with Gasteiger partial charge in [0.1, 0.15) is 0 Å². The minimum Gasteiger partial charge on any atom is -0.466 e. The van der Waals surface area contributed by atoms with Gasteiger partial charge in [-0.05, 0) is 29.5 Å². The van der Waals surface area contributed by atoms with E-state index in [1.165, 1.54) is 18.3 Å². The molecule has 2 heterocycles. The molecule has 4 rings (SSSR count). The third-order valence-corrected chi connectivity index (χ3v) is 5.61. The molecule has 0 bridgehead atoms. The number of nitrogens with zero attached hydrogens (tertiary/aromatic N) is 3. The molecule has 3 aromatic rings. The number of rotatable bonds is 6. The molecule has 0 spiro atoms. The number of benzene rings is 2. The number of carbonyl (C=O) groups excluding carboxylic acids is 3. The Bertz CT molecular complexity index is 1240. The zero-order valence-electron chi connectivity index (χ0n) is 17.5. The maximum absolute atomic E-state index is 13.0. The molecule has 1 aliphatic rings. The fourth-order valence-corrected chi connectivity index (χ4v) is 3.95. The van der Waals surface area contributed by atoms with Crippen LogP contribution in [0.5, 0.6) is 0 Å². The molecule has 166 valence electrons. The number of aromatic nitrogens is 2. The summed E-state index contributed by atoms with van der Waals surface area (Å²) in [6.07, 6.45) is 2.48. The lowest BCUT2D eigenvalue weighted by Gasteiger charge is -2.15. The molecule has 0 atom stereocenters. The lowest BCUT2D eigenvalue weighted by molar-refractivity contribution is -0.135. The van der Waals surface area contributed by atoms with Crippen LogP contribution < -0.4 is 5.32 Å². The quantitative estimate of drug-likeness (QED) is 0.429. The van der Waals surface area contributed by atoms with Gasteiger partial charge in [0.05, 0.1) is 24.9 Å². The predicted molar refractivity (Wildman–Crippen MR) is 125 cm³/mol. The van der Waals surface area contributed by atoms with Gasteiger partial charge in [-0.1, -0.05) is 48.5 Å². The molecule has 1 aliphatic heterocycles. The number of aliphatic imine (C=N–C) groups is 1. The van der Waals surface area contributed by atoms with Gasteiger partial charge in [-0.25, -0.2) is 14.8 Å². The number of nitrogens with one attached hydrogen (secondary N) is 2. The van der Waals surface area contributed by atoms with Crippen LogP contribution in [-0.4, -0.2) is 44.9 Å². The van der Waals surface area contributed by atoms with Gasteiger partial charge in [0, 0.05) is 11.8 Å². The molecule has 0 radical (unpaired) electrons. The number of H-pyrrole nitrogens is 1. The molecule has 2 amide bonds. The average Bonchev–Trinajstić information content (AvgIpc) is 3.41. The number of ether oxygens (including phenoxy) is 1. The van der Waals surface area contributed by atoms with Crippen molar-refractivity contribution in [2.45, 2.75) is 6.54 Å². The number of amides is 2. The lowest BCUT2D eigenvalue weighted by atomic mass is 10.2. The number of imidazole rings is 1. The Balaban J connectivity index is 1.65. The number of anilines is 1. The van der Waals surface area contributed by atoms with Gasteiger partial charge in [-0.2, -0.15) is 0 Å². The molecule has 0 aliphatic carbocycles. The van der Waals surface area contributed by atoms with Crippen molar-refractivity contribution < 1.29 is 19.1 Å². The number of hydrogen-bond donors (Lipinski definition) is 2. The molecule has 2 aromatic carbocycles. The van der Waals surface area contributed by atoms with Crippen molar-refractivity contribution >= 4 is 46.2 Å². The van der Waals surface area contributed by atoms with Crippen molar-refractivity contribution in [3.8, 4) is 0 Å². The first kappa shape index (κ1) is 22.0. The Morgan fingerprint density at radius 2 is 1.85 bits per heavy atom. The van der Waals surface area contributed by atoms with E-state index in [4.69, 9.17) is 0 Å². The van der Waals surface area contributed by atoms with Crippen LogP contribution in [0.4, 0.5) is 11.5 Å². The number of hydrogen-bond acceptors (Lipinski definition) is 7. The summed E-state index contributed by atoms with van der Waals surface area (Å²) in [5.41, 5.74) is 1.64. The fourth-order valence-electron chi connectivity index (χ4n) is 3.01. The van der Waals surface area contributed by atoms with Crippen molar-refractivity contribution in [1.29, 1.82) is 0 Å². The van der Waals surface area contributed by atoms with Gasteiger partial charge in [-0.3, -0.25) is 14.5 Å². The summed E-state index contributed by atoms with van der Waals surface area (Å²) >= 11 is 1.01. The largest absolute Gasteiger partial charge is 0.466 e. The first-order chi connectivity index (χ1) is 16.0. The third kappa shape index (κ3) is 5.18. The lowest BCUT2D eigenvalue weighted by Crippen LogP contribution is -2.28. The normalized spacial score (nSPS) is 15.8. The van der Waals surface area contributed by atoms with Crippen LogP contribution >= 0.6 is 11.8 Å². The molecule has 1 aromatic heterocycles. The Kier molecular flexibility index (Phi) is 6.65. The Morgan fingerprint density at radius 1 is 1.15 bits per heavy atom. The molecule has 0 unspecified atom stereocenters. The molecule has 2 N–H and O–H groups in total. The van der Waals surface area contributed by atoms with E-state index in [1.807, 2.05) is 36.4 Å². The van der Waals surface area contributed by atoms with E-state index in [-0.39, 0.29) is 28.9 Å². The summed E-state index contributed by atoms with van der Waals surface area (Å²) in [5.74, 6) is -1.34. The number of amidine groups is 1. The summed E-state index contributed by atoms with van der Waals surface area (Å²) < 4.78 is 4.65. The smallest absolute Gasteiger partial charge is 0.331 e. The number of thioether (sulfide) groups is 1. The third-order valence-electron chi connectivity index (χ3n) is 4.60. The van der Waals surface area contributed by atoms with Crippen molar-refractivity contribution in [2.75, 3.05) is 12.4 Å². The second kappa shape index (κ2) is 9.96. The van der Waals surface area contributed by atoms with Gasteiger partial charge >= 0.3 is 5.97 Å². The summed E-state index contributed by atoms with van der Waals surface area (Å²) in [7, 11) is 1.24. The van der Waals surface area contributed by atoms with Gasteiger partial charge in [0.15, 0.2) is 16.7 Å². The minimum atomic E-state index is -0.644. The maximum Gasteiger partial charge on any atom is 0.331 e. The topological polar surface area (TPSA) is 117 Å². The van der Waals surface area contributed by atoms with Gasteiger partial charge < -0.3 is 15.0 Å². The van der Waals surface area contributed by atoms with E-state index in [0.717, 1.165) is 23.4 Å². The van der Waals surface area contributed by atoms with E-state index >= 15 is 0 Å². The van der Waals surface area contributed by atoms with E-state index in [0.29, 0.717) is 10.9 Å². The highest BCUT2D eigenvalue weighted by atomic mass is 32.2. The highest BCUT2D eigenvalue weighted by molar-refractivity contribution is 8.18. The fraction of sp³-hybridized carbons (Fsp3) is 0.0870. The summed E-state index contributed by atoms with van der Waals surface area (Å²) in [6, 6.07) is 18.3. The summed E-state index contributed by atoms with van der Waals surface area (Å²) in [5, 5.41) is 3.06. The van der Waals surface area contributed by atoms with Crippen LogP contribution in [0, 0.1) is 0 Å². The van der Waals surface area contributed by atoms with E-state index in [9.17, 15) is 14.4 Å². The number of esters is 1. The molecule has 10 heteroatoms.